The highest BCUT2D eigenvalue weighted by atomic mass is 16.7. The number of nitrogens with zero attached hydrogens (tertiary/aromatic N) is 2. The molecule has 1 heterocycles. The van der Waals surface area contributed by atoms with E-state index in [4.69, 9.17) is 15.3 Å². The molecule has 14 atom stereocenters. The number of nitrogens with two attached hydrogens (primary N) is 1. The molecule has 1 aliphatic heterocycles. The molecule has 5 saturated carbocycles. The highest BCUT2D eigenvalue weighted by molar-refractivity contribution is 5.83. The Bertz CT molecular complexity index is 1120. The van der Waals surface area contributed by atoms with Crippen molar-refractivity contribution in [2.24, 2.45) is 58.5 Å². The third-order valence-corrected chi connectivity index (χ3v) is 13.9. The first-order chi connectivity index (χ1) is 23.2. The van der Waals surface area contributed by atoms with Gasteiger partial charge in [0.05, 0.1) is 18.3 Å². The molecule has 282 valence electrons. The minimum atomic E-state index is -0.735. The molecule has 6 N–H and O–H groups in total. The number of urea groups is 1. The molecule has 0 spiro atoms. The molecular weight excluding hydrogens is 620 g/mol. The Balaban J connectivity index is 1.30. The number of hydrogen-bond donors (Lipinski definition) is 5. The summed E-state index contributed by atoms with van der Waals surface area (Å²) in [6.45, 7) is 14.2. The number of methoxy groups -OCH3 is 1. The van der Waals surface area contributed by atoms with Gasteiger partial charge in [-0.15, -0.1) is 0 Å². The van der Waals surface area contributed by atoms with E-state index >= 15 is 0 Å². The van der Waals surface area contributed by atoms with E-state index in [2.05, 4.69) is 55.7 Å². The van der Waals surface area contributed by atoms with E-state index in [1.54, 1.807) is 6.92 Å². The molecule has 6 rings (SSSR count). The van der Waals surface area contributed by atoms with E-state index in [-0.39, 0.29) is 42.6 Å². The molecule has 6 unspecified atom stereocenters. The van der Waals surface area contributed by atoms with Crippen LogP contribution in [0.3, 0.4) is 0 Å². The van der Waals surface area contributed by atoms with Crippen LogP contribution in [0, 0.1) is 52.8 Å². The maximum absolute atomic E-state index is 14.3. The van der Waals surface area contributed by atoms with Crippen LogP contribution >= 0.6 is 0 Å². The van der Waals surface area contributed by atoms with Crippen molar-refractivity contribution in [1.29, 1.82) is 0 Å². The fourth-order valence-electron chi connectivity index (χ4n) is 11.1. The van der Waals surface area contributed by atoms with Gasteiger partial charge in [0.2, 0.25) is 5.91 Å². The standard InChI is InChI=1S/C38H70N6O5/c1-21(2)41-37(47)40-19-24-13-26(15-28(14-24)43(7)8)29-12-10-11-25(35(29)48-9)20-44-34(33(23(4)45)32(18-39)49-44)36(46)42-31-17-27-16-30(22(31)3)38(27,5)6/h21-35,45H,10-20,39H2,1-9H3,(H,42,46)(H2,40,41,47)/t22-,23-,24?,25?,26?,27+,28?,29?,30-,31-,32-,33-,34-,35?/m0/s1. The second kappa shape index (κ2) is 16.0. The van der Waals surface area contributed by atoms with Crippen LogP contribution in [0.5, 0.6) is 0 Å². The summed E-state index contributed by atoms with van der Waals surface area (Å²) in [4.78, 5) is 35.6. The number of carbonyl (C=O) groups excluding carboxylic acids is 2. The zero-order valence-corrected chi connectivity index (χ0v) is 32.0. The summed E-state index contributed by atoms with van der Waals surface area (Å²) in [5.41, 5.74) is 6.56. The average Bonchev–Trinajstić information content (AvgIpc) is 3.42. The lowest BCUT2D eigenvalue weighted by Crippen LogP contribution is -2.62. The van der Waals surface area contributed by atoms with Crippen molar-refractivity contribution in [3.63, 3.8) is 0 Å². The molecule has 0 aromatic heterocycles. The SMILES string of the molecule is COC1C(CN2O[C@@H](CN)[C@H]([C@H](C)O)[C@H]2C(=O)N[C@H]2C[C@H]3C[C@@H]([C@@H]2C)C3(C)C)CCCC1C1CC(CNC(=O)NC(C)C)CC(N(C)C)C1. The Hall–Kier alpha value is -1.50. The van der Waals surface area contributed by atoms with Crippen molar-refractivity contribution in [2.75, 3.05) is 40.8 Å². The van der Waals surface area contributed by atoms with Gasteiger partial charge in [-0.2, -0.15) is 5.06 Å². The Labute approximate surface area is 296 Å². The van der Waals surface area contributed by atoms with Crippen molar-refractivity contribution in [3.05, 3.63) is 0 Å². The Kier molecular flexibility index (Phi) is 12.7. The van der Waals surface area contributed by atoms with E-state index in [1.807, 2.05) is 26.0 Å². The number of fused-ring (bicyclic) bond motifs is 2. The first-order valence-electron chi connectivity index (χ1n) is 19.5. The average molecular weight is 691 g/mol. The second-order valence-corrected chi connectivity index (χ2v) is 17.8. The van der Waals surface area contributed by atoms with Crippen molar-refractivity contribution < 1.29 is 24.3 Å². The number of rotatable bonds is 12. The number of nitrogens with one attached hydrogen (secondary N) is 3. The van der Waals surface area contributed by atoms with Gasteiger partial charge in [0.1, 0.15) is 6.04 Å². The van der Waals surface area contributed by atoms with Gasteiger partial charge >= 0.3 is 6.03 Å². The minimum Gasteiger partial charge on any atom is -0.393 e. The highest BCUT2D eigenvalue weighted by Crippen LogP contribution is 2.61. The van der Waals surface area contributed by atoms with Crippen LogP contribution in [0.1, 0.15) is 92.9 Å². The summed E-state index contributed by atoms with van der Waals surface area (Å²) in [5, 5.41) is 22.4. The molecule has 0 radical (unpaired) electrons. The number of aliphatic hydroxyl groups is 1. The third kappa shape index (κ3) is 8.27. The molecular formula is C38H70N6O5. The number of ether oxygens (including phenoxy) is 1. The monoisotopic (exact) mass is 691 g/mol. The Morgan fingerprint density at radius 1 is 1.10 bits per heavy atom. The maximum atomic E-state index is 14.3. The van der Waals surface area contributed by atoms with Gasteiger partial charge in [-0.1, -0.05) is 27.2 Å². The lowest BCUT2D eigenvalue weighted by Gasteiger charge is -2.62. The van der Waals surface area contributed by atoms with E-state index in [0.717, 1.165) is 44.9 Å². The van der Waals surface area contributed by atoms with Crippen LogP contribution in [0.4, 0.5) is 4.79 Å². The number of carbonyl (C=O) groups is 2. The van der Waals surface area contributed by atoms with Crippen molar-refractivity contribution in [2.45, 2.75) is 135 Å². The van der Waals surface area contributed by atoms with Crippen LogP contribution in [0.2, 0.25) is 0 Å². The number of aliphatic hydroxyl groups excluding tert-OH is 1. The molecule has 6 aliphatic rings. The van der Waals surface area contributed by atoms with Gasteiger partial charge in [0.25, 0.3) is 0 Å². The largest absolute Gasteiger partial charge is 0.393 e. The van der Waals surface area contributed by atoms with Gasteiger partial charge in [-0.25, -0.2) is 4.79 Å². The predicted molar refractivity (Wildman–Crippen MR) is 192 cm³/mol. The van der Waals surface area contributed by atoms with Crippen LogP contribution in [-0.2, 0) is 14.4 Å². The lowest BCUT2D eigenvalue weighted by atomic mass is 9.45. The van der Waals surface area contributed by atoms with Crippen LogP contribution in [0.15, 0.2) is 0 Å². The molecule has 5 aliphatic carbocycles. The number of hydroxylamine groups is 2. The molecule has 1 saturated heterocycles. The maximum Gasteiger partial charge on any atom is 0.314 e. The minimum absolute atomic E-state index is 0.0273. The molecule has 11 nitrogen and oxygen atoms in total. The van der Waals surface area contributed by atoms with E-state index in [1.165, 1.54) is 6.42 Å². The summed E-state index contributed by atoms with van der Waals surface area (Å²) in [6, 6.07) is -0.0173. The van der Waals surface area contributed by atoms with Crippen molar-refractivity contribution in [3.8, 4) is 0 Å². The van der Waals surface area contributed by atoms with Gasteiger partial charge in [-0.05, 0) is 121 Å². The van der Waals surface area contributed by atoms with E-state index < -0.39 is 24.2 Å². The van der Waals surface area contributed by atoms with E-state index in [9.17, 15) is 14.7 Å². The smallest absolute Gasteiger partial charge is 0.314 e. The summed E-state index contributed by atoms with van der Waals surface area (Å²) in [6.07, 6.45) is 7.58. The van der Waals surface area contributed by atoms with Gasteiger partial charge in [0.15, 0.2) is 0 Å². The zero-order chi connectivity index (χ0) is 35.8. The van der Waals surface area contributed by atoms with Crippen molar-refractivity contribution >= 4 is 11.9 Å². The third-order valence-electron chi connectivity index (χ3n) is 13.9. The first kappa shape index (κ1) is 38.7. The molecule has 3 amide bonds. The van der Waals surface area contributed by atoms with Crippen molar-refractivity contribution in [1.82, 2.24) is 25.9 Å². The topological polar surface area (TPSA) is 141 Å². The first-order valence-corrected chi connectivity index (χ1v) is 19.5. The zero-order valence-electron chi connectivity index (χ0n) is 32.0. The molecule has 49 heavy (non-hydrogen) atoms. The van der Waals surface area contributed by atoms with Crippen LogP contribution in [0.25, 0.3) is 0 Å². The van der Waals surface area contributed by atoms with Crippen LogP contribution in [-0.4, -0.2) is 110 Å². The van der Waals surface area contributed by atoms with E-state index in [0.29, 0.717) is 60.1 Å². The normalized spacial score (nSPS) is 41.3. The van der Waals surface area contributed by atoms with Gasteiger partial charge in [0, 0.05) is 56.7 Å². The van der Waals surface area contributed by atoms with Gasteiger partial charge < -0.3 is 36.4 Å². The summed E-state index contributed by atoms with van der Waals surface area (Å²) >= 11 is 0. The number of amides is 3. The predicted octanol–water partition coefficient (Wildman–Crippen LogP) is 3.60. The Morgan fingerprint density at radius 2 is 1.84 bits per heavy atom. The Morgan fingerprint density at radius 3 is 2.43 bits per heavy atom. The van der Waals surface area contributed by atoms with Gasteiger partial charge in [-0.3, -0.25) is 9.63 Å². The summed E-state index contributed by atoms with van der Waals surface area (Å²) in [7, 11) is 6.17. The fourth-order valence-corrected chi connectivity index (χ4v) is 11.1. The quantitative estimate of drug-likeness (QED) is 0.209. The highest BCUT2D eigenvalue weighted by Gasteiger charge is 2.57. The molecule has 6 fully saturated rings. The fraction of sp³-hybridized carbons (Fsp3) is 0.947. The summed E-state index contributed by atoms with van der Waals surface area (Å²) in [5.74, 6) is 2.65. The second-order valence-electron chi connectivity index (χ2n) is 17.8. The summed E-state index contributed by atoms with van der Waals surface area (Å²) < 4.78 is 6.40. The molecule has 0 aromatic rings. The lowest BCUT2D eigenvalue weighted by molar-refractivity contribution is -0.186. The molecule has 2 bridgehead atoms. The van der Waals surface area contributed by atoms with Crippen LogP contribution < -0.4 is 21.7 Å². The molecule has 0 aromatic carbocycles. The number of hydrogen-bond acceptors (Lipinski definition) is 8. The molecule has 11 heteroatoms.